The van der Waals surface area contributed by atoms with Crippen LogP contribution in [0.3, 0.4) is 0 Å². The number of hydrogen-bond acceptors (Lipinski definition) is 2. The zero-order chi connectivity index (χ0) is 15.2. The fourth-order valence-corrected chi connectivity index (χ4v) is 2.31. The van der Waals surface area contributed by atoms with E-state index in [1.54, 1.807) is 24.3 Å². The molecule has 0 saturated heterocycles. The van der Waals surface area contributed by atoms with Crippen molar-refractivity contribution in [1.29, 1.82) is 0 Å². The molecular formula is C17H16Cl2O2. The minimum absolute atomic E-state index is 0.263. The molecule has 0 aliphatic rings. The summed E-state index contributed by atoms with van der Waals surface area (Å²) in [5.41, 5.74) is 1.70. The number of carbonyl (C=O) groups excluding carboxylic acids is 1. The molecule has 0 aliphatic heterocycles. The molecule has 2 rings (SSSR count). The highest BCUT2D eigenvalue weighted by Gasteiger charge is 2.24. The van der Waals surface area contributed by atoms with Crippen molar-refractivity contribution < 1.29 is 9.53 Å². The topological polar surface area (TPSA) is 26.3 Å². The first kappa shape index (κ1) is 15.9. The van der Waals surface area contributed by atoms with Gasteiger partial charge in [0.1, 0.15) is 5.92 Å². The van der Waals surface area contributed by atoms with E-state index in [1.165, 1.54) is 0 Å². The lowest BCUT2D eigenvalue weighted by atomic mass is 9.91. The fraction of sp³-hybridized carbons (Fsp3) is 0.235. The molecule has 0 bridgehead atoms. The lowest BCUT2D eigenvalue weighted by Crippen LogP contribution is -2.17. The van der Waals surface area contributed by atoms with Crippen LogP contribution < -0.4 is 0 Å². The van der Waals surface area contributed by atoms with E-state index in [0.29, 0.717) is 16.7 Å². The Hall–Kier alpha value is -1.51. The second-order valence-electron chi connectivity index (χ2n) is 4.70. The van der Waals surface area contributed by atoms with Gasteiger partial charge in [-0.2, -0.15) is 0 Å². The summed E-state index contributed by atoms with van der Waals surface area (Å²) in [7, 11) is 0. The number of halogens is 2. The van der Waals surface area contributed by atoms with Crippen LogP contribution >= 0.6 is 23.2 Å². The van der Waals surface area contributed by atoms with Crippen molar-refractivity contribution in [3.63, 3.8) is 0 Å². The highest BCUT2D eigenvalue weighted by molar-refractivity contribution is 6.30. The maximum atomic E-state index is 12.4. The highest BCUT2D eigenvalue weighted by Crippen LogP contribution is 2.28. The molecule has 2 aromatic rings. The van der Waals surface area contributed by atoms with Gasteiger partial charge in [0.25, 0.3) is 0 Å². The first-order valence-corrected chi connectivity index (χ1v) is 7.55. The van der Waals surface area contributed by atoms with Crippen molar-refractivity contribution in [2.24, 2.45) is 0 Å². The van der Waals surface area contributed by atoms with Gasteiger partial charge in [-0.15, -0.1) is 0 Å². The van der Waals surface area contributed by atoms with Crippen LogP contribution in [0.4, 0.5) is 0 Å². The first-order chi connectivity index (χ1) is 10.1. The zero-order valence-corrected chi connectivity index (χ0v) is 13.2. The average molecular weight is 323 g/mol. The van der Waals surface area contributed by atoms with E-state index < -0.39 is 5.92 Å². The third-order valence-corrected chi connectivity index (χ3v) is 3.59. The van der Waals surface area contributed by atoms with E-state index >= 15 is 0 Å². The standard InChI is InChI=1S/C17H16Cl2O2/c1-2-11-21-17(20)16(12-3-7-14(18)8-4-12)13-5-9-15(19)10-6-13/h3-10,16H,2,11H2,1H3. The van der Waals surface area contributed by atoms with Crippen molar-refractivity contribution in [3.05, 3.63) is 69.7 Å². The molecule has 0 fully saturated rings. The molecule has 0 aromatic heterocycles. The van der Waals surface area contributed by atoms with E-state index in [-0.39, 0.29) is 5.97 Å². The smallest absolute Gasteiger partial charge is 0.317 e. The zero-order valence-electron chi connectivity index (χ0n) is 11.7. The maximum Gasteiger partial charge on any atom is 0.317 e. The van der Waals surface area contributed by atoms with Gasteiger partial charge in [-0.25, -0.2) is 0 Å². The molecule has 0 amide bonds. The third-order valence-electron chi connectivity index (χ3n) is 3.09. The summed E-state index contributed by atoms with van der Waals surface area (Å²) in [5.74, 6) is -0.729. The Labute approximate surface area is 134 Å². The normalized spacial score (nSPS) is 10.7. The molecule has 0 spiro atoms. The molecule has 0 aliphatic carbocycles. The molecule has 110 valence electrons. The Balaban J connectivity index is 2.36. The van der Waals surface area contributed by atoms with Crippen LogP contribution in [0.25, 0.3) is 0 Å². The quantitative estimate of drug-likeness (QED) is 0.717. The Morgan fingerprint density at radius 1 is 0.952 bits per heavy atom. The SMILES string of the molecule is CCCOC(=O)C(c1ccc(Cl)cc1)c1ccc(Cl)cc1. The van der Waals surface area contributed by atoms with E-state index in [4.69, 9.17) is 27.9 Å². The molecule has 0 radical (unpaired) electrons. The van der Waals surface area contributed by atoms with Crippen LogP contribution in [0.1, 0.15) is 30.4 Å². The van der Waals surface area contributed by atoms with Crippen molar-refractivity contribution in [3.8, 4) is 0 Å². The molecule has 0 unspecified atom stereocenters. The molecule has 0 heterocycles. The van der Waals surface area contributed by atoms with Gasteiger partial charge in [-0.05, 0) is 41.8 Å². The van der Waals surface area contributed by atoms with Gasteiger partial charge in [0.15, 0.2) is 0 Å². The predicted molar refractivity (Wildman–Crippen MR) is 86.0 cm³/mol. The predicted octanol–water partition coefficient (Wildman–Crippen LogP) is 5.08. The van der Waals surface area contributed by atoms with E-state index in [2.05, 4.69) is 0 Å². The van der Waals surface area contributed by atoms with Crippen LogP contribution in [0, 0.1) is 0 Å². The number of carbonyl (C=O) groups is 1. The molecule has 4 heteroatoms. The van der Waals surface area contributed by atoms with Crippen LogP contribution in [0.15, 0.2) is 48.5 Å². The Bertz CT molecular complexity index is 546. The van der Waals surface area contributed by atoms with Crippen LogP contribution in [0.5, 0.6) is 0 Å². The van der Waals surface area contributed by atoms with Gasteiger partial charge in [0.05, 0.1) is 6.61 Å². The molecule has 0 saturated carbocycles. The summed E-state index contributed by atoms with van der Waals surface area (Å²) >= 11 is 11.8. The number of rotatable bonds is 5. The molecule has 0 N–H and O–H groups in total. The van der Waals surface area contributed by atoms with E-state index in [9.17, 15) is 4.79 Å². The van der Waals surface area contributed by atoms with Crippen molar-refractivity contribution in [1.82, 2.24) is 0 Å². The van der Waals surface area contributed by atoms with Crippen molar-refractivity contribution in [2.75, 3.05) is 6.61 Å². The number of benzene rings is 2. The number of esters is 1. The first-order valence-electron chi connectivity index (χ1n) is 6.79. The minimum atomic E-state index is -0.467. The molecule has 2 aromatic carbocycles. The summed E-state index contributed by atoms with van der Waals surface area (Å²) in [6.45, 7) is 2.38. The summed E-state index contributed by atoms with van der Waals surface area (Å²) < 4.78 is 5.32. The van der Waals surface area contributed by atoms with Crippen LogP contribution in [-0.2, 0) is 9.53 Å². The lowest BCUT2D eigenvalue weighted by Gasteiger charge is -2.17. The monoisotopic (exact) mass is 322 g/mol. The van der Waals surface area contributed by atoms with Gasteiger partial charge in [-0.3, -0.25) is 4.79 Å². The average Bonchev–Trinajstić information content (AvgIpc) is 2.49. The second-order valence-corrected chi connectivity index (χ2v) is 5.58. The molecule has 2 nitrogen and oxygen atoms in total. The summed E-state index contributed by atoms with van der Waals surface area (Å²) in [4.78, 5) is 12.4. The van der Waals surface area contributed by atoms with Crippen LogP contribution in [0.2, 0.25) is 10.0 Å². The summed E-state index contributed by atoms with van der Waals surface area (Å²) in [5, 5.41) is 1.27. The highest BCUT2D eigenvalue weighted by atomic mass is 35.5. The van der Waals surface area contributed by atoms with E-state index in [0.717, 1.165) is 17.5 Å². The number of ether oxygens (including phenoxy) is 1. The minimum Gasteiger partial charge on any atom is -0.465 e. The van der Waals surface area contributed by atoms with E-state index in [1.807, 2.05) is 31.2 Å². The summed E-state index contributed by atoms with van der Waals surface area (Å²) in [6.07, 6.45) is 0.791. The number of hydrogen-bond donors (Lipinski definition) is 0. The van der Waals surface area contributed by atoms with Gasteiger partial charge in [0.2, 0.25) is 0 Å². The molecule has 0 atom stereocenters. The van der Waals surface area contributed by atoms with Gasteiger partial charge >= 0.3 is 5.97 Å². The van der Waals surface area contributed by atoms with Gasteiger partial charge in [-0.1, -0.05) is 54.4 Å². The molecule has 21 heavy (non-hydrogen) atoms. The summed E-state index contributed by atoms with van der Waals surface area (Å²) in [6, 6.07) is 14.5. The second kappa shape index (κ2) is 7.48. The van der Waals surface area contributed by atoms with Gasteiger partial charge < -0.3 is 4.74 Å². The maximum absolute atomic E-state index is 12.4. The van der Waals surface area contributed by atoms with Crippen molar-refractivity contribution in [2.45, 2.75) is 19.3 Å². The van der Waals surface area contributed by atoms with Crippen molar-refractivity contribution >= 4 is 29.2 Å². The van der Waals surface area contributed by atoms with Crippen LogP contribution in [-0.4, -0.2) is 12.6 Å². The fourth-order valence-electron chi connectivity index (χ4n) is 2.06. The largest absolute Gasteiger partial charge is 0.465 e. The van der Waals surface area contributed by atoms with Gasteiger partial charge in [0, 0.05) is 10.0 Å². The third kappa shape index (κ3) is 4.23. The Morgan fingerprint density at radius 3 is 1.76 bits per heavy atom. The lowest BCUT2D eigenvalue weighted by molar-refractivity contribution is -0.144. The Kier molecular flexibility index (Phi) is 5.66. The molecular weight excluding hydrogens is 307 g/mol. The Morgan fingerprint density at radius 2 is 1.38 bits per heavy atom.